The monoisotopic (exact) mass is 472 g/mol. The summed E-state index contributed by atoms with van der Waals surface area (Å²) in [5.74, 6) is 0.479. The third-order valence-corrected chi connectivity index (χ3v) is 5.90. The SMILES string of the molecule is CC(C)(C)OC(=O)N1C2CCC1CN(c1ncc(C(=O)c3ccc(Br)cc3)cn1)C2. The van der Waals surface area contributed by atoms with Gasteiger partial charge >= 0.3 is 6.09 Å². The van der Waals surface area contributed by atoms with Gasteiger partial charge in [0.25, 0.3) is 0 Å². The average Bonchev–Trinajstić information content (AvgIpc) is 2.97. The van der Waals surface area contributed by atoms with Gasteiger partial charge < -0.3 is 9.64 Å². The van der Waals surface area contributed by atoms with Crippen molar-refractivity contribution in [2.24, 2.45) is 0 Å². The molecule has 0 spiro atoms. The summed E-state index contributed by atoms with van der Waals surface area (Å²) in [6, 6.07) is 7.39. The third-order valence-electron chi connectivity index (χ3n) is 5.38. The molecule has 0 N–H and O–H groups in total. The van der Waals surface area contributed by atoms with Gasteiger partial charge in [0.05, 0.1) is 17.6 Å². The molecular weight excluding hydrogens is 448 g/mol. The molecule has 1 aromatic heterocycles. The number of halogens is 1. The molecule has 1 aromatic carbocycles. The Balaban J connectivity index is 1.44. The Morgan fingerprint density at radius 1 is 1.00 bits per heavy atom. The zero-order valence-electron chi connectivity index (χ0n) is 17.3. The second-order valence-electron chi connectivity index (χ2n) is 8.79. The molecule has 2 atom stereocenters. The van der Waals surface area contributed by atoms with Crippen LogP contribution in [0.4, 0.5) is 10.7 Å². The van der Waals surface area contributed by atoms with E-state index in [0.717, 1.165) is 17.3 Å². The fraction of sp³-hybridized carbons (Fsp3) is 0.455. The summed E-state index contributed by atoms with van der Waals surface area (Å²) < 4.78 is 6.51. The zero-order valence-corrected chi connectivity index (χ0v) is 18.9. The van der Waals surface area contributed by atoms with Crippen LogP contribution in [0.3, 0.4) is 0 Å². The van der Waals surface area contributed by atoms with Gasteiger partial charge in [-0.05, 0) is 57.9 Å². The zero-order chi connectivity index (χ0) is 21.5. The minimum Gasteiger partial charge on any atom is -0.444 e. The fourth-order valence-electron chi connectivity index (χ4n) is 4.05. The van der Waals surface area contributed by atoms with Gasteiger partial charge in [0.2, 0.25) is 5.95 Å². The minimum atomic E-state index is -0.506. The van der Waals surface area contributed by atoms with Crippen LogP contribution in [-0.4, -0.2) is 57.5 Å². The highest BCUT2D eigenvalue weighted by atomic mass is 79.9. The number of nitrogens with zero attached hydrogens (tertiary/aromatic N) is 4. The van der Waals surface area contributed by atoms with E-state index in [0.29, 0.717) is 30.2 Å². The van der Waals surface area contributed by atoms with Crippen molar-refractivity contribution in [3.63, 3.8) is 0 Å². The fourth-order valence-corrected chi connectivity index (χ4v) is 4.31. The molecule has 0 radical (unpaired) electrons. The first kappa shape index (κ1) is 20.8. The second-order valence-corrected chi connectivity index (χ2v) is 9.70. The number of benzene rings is 1. The summed E-state index contributed by atoms with van der Waals surface area (Å²) in [7, 11) is 0. The third kappa shape index (κ3) is 4.33. The van der Waals surface area contributed by atoms with Crippen molar-refractivity contribution in [3.05, 3.63) is 52.3 Å². The lowest BCUT2D eigenvalue weighted by Crippen LogP contribution is -2.57. The lowest BCUT2D eigenvalue weighted by molar-refractivity contribution is 0.0122. The number of piperazine rings is 1. The number of ketones is 1. The summed E-state index contributed by atoms with van der Waals surface area (Å²) in [4.78, 5) is 38.1. The van der Waals surface area contributed by atoms with Gasteiger partial charge in [-0.2, -0.15) is 0 Å². The summed E-state index contributed by atoms with van der Waals surface area (Å²) in [6.07, 6.45) is 4.80. The van der Waals surface area contributed by atoms with E-state index >= 15 is 0 Å². The van der Waals surface area contributed by atoms with Crippen LogP contribution in [0.1, 0.15) is 49.5 Å². The standard InChI is InChI=1S/C22H25BrN4O3/c1-22(2,3)30-21(29)27-17-8-9-18(27)13-26(12-17)20-24-10-15(11-25-20)19(28)14-4-6-16(23)7-5-14/h4-7,10-11,17-18H,8-9,12-13H2,1-3H3. The smallest absolute Gasteiger partial charge is 0.410 e. The summed E-state index contributed by atoms with van der Waals surface area (Å²) in [6.45, 7) is 6.97. The van der Waals surface area contributed by atoms with E-state index in [1.807, 2.05) is 37.8 Å². The van der Waals surface area contributed by atoms with Gasteiger partial charge in [-0.25, -0.2) is 14.8 Å². The first-order valence-electron chi connectivity index (χ1n) is 10.1. The Morgan fingerprint density at radius 2 is 1.57 bits per heavy atom. The van der Waals surface area contributed by atoms with Crippen molar-refractivity contribution in [2.45, 2.75) is 51.3 Å². The van der Waals surface area contributed by atoms with Crippen LogP contribution in [0.25, 0.3) is 0 Å². The van der Waals surface area contributed by atoms with Gasteiger partial charge in [0, 0.05) is 35.5 Å². The minimum absolute atomic E-state index is 0.0891. The van der Waals surface area contributed by atoms with Gasteiger partial charge in [-0.1, -0.05) is 15.9 Å². The number of fused-ring (bicyclic) bond motifs is 2. The van der Waals surface area contributed by atoms with Crippen LogP contribution in [0.2, 0.25) is 0 Å². The molecule has 2 aliphatic rings. The van der Waals surface area contributed by atoms with E-state index in [2.05, 4.69) is 30.8 Å². The molecule has 158 valence electrons. The maximum atomic E-state index is 12.6. The van der Waals surface area contributed by atoms with Crippen LogP contribution < -0.4 is 4.90 Å². The van der Waals surface area contributed by atoms with Crippen LogP contribution in [-0.2, 0) is 4.74 Å². The molecule has 2 bridgehead atoms. The van der Waals surface area contributed by atoms with E-state index in [1.54, 1.807) is 24.5 Å². The Labute approximate surface area is 184 Å². The maximum Gasteiger partial charge on any atom is 0.410 e. The number of hydrogen-bond donors (Lipinski definition) is 0. The number of hydrogen-bond acceptors (Lipinski definition) is 6. The molecular formula is C22H25BrN4O3. The first-order chi connectivity index (χ1) is 14.2. The van der Waals surface area contributed by atoms with Crippen molar-refractivity contribution in [3.8, 4) is 0 Å². The highest BCUT2D eigenvalue weighted by molar-refractivity contribution is 9.10. The van der Waals surface area contributed by atoms with Crippen LogP contribution in [0.5, 0.6) is 0 Å². The molecule has 30 heavy (non-hydrogen) atoms. The van der Waals surface area contributed by atoms with Gasteiger partial charge in [0.1, 0.15) is 5.60 Å². The molecule has 7 nitrogen and oxygen atoms in total. The Bertz CT molecular complexity index is 926. The van der Waals surface area contributed by atoms with Gasteiger partial charge in [-0.3, -0.25) is 9.69 Å². The Kier molecular flexibility index (Phi) is 5.53. The Morgan fingerprint density at radius 3 is 2.10 bits per heavy atom. The average molecular weight is 473 g/mol. The lowest BCUT2D eigenvalue weighted by Gasteiger charge is -2.41. The molecule has 1 amide bonds. The maximum absolute atomic E-state index is 12.6. The molecule has 8 heteroatoms. The van der Waals surface area contributed by atoms with Crippen molar-refractivity contribution >= 4 is 33.8 Å². The summed E-state index contributed by atoms with van der Waals surface area (Å²) in [5, 5.41) is 0. The summed E-state index contributed by atoms with van der Waals surface area (Å²) in [5.41, 5.74) is 0.545. The van der Waals surface area contributed by atoms with Crippen molar-refractivity contribution < 1.29 is 14.3 Å². The summed E-state index contributed by atoms with van der Waals surface area (Å²) >= 11 is 3.37. The molecule has 2 aromatic rings. The molecule has 2 saturated heterocycles. The molecule has 3 heterocycles. The molecule has 2 aliphatic heterocycles. The normalized spacial score (nSPS) is 20.9. The van der Waals surface area contributed by atoms with E-state index < -0.39 is 5.60 Å². The molecule has 0 saturated carbocycles. The highest BCUT2D eigenvalue weighted by Gasteiger charge is 2.44. The van der Waals surface area contributed by atoms with Crippen molar-refractivity contribution in [1.82, 2.24) is 14.9 Å². The Hall–Kier alpha value is -2.48. The number of carbonyl (C=O) groups excluding carboxylic acids is 2. The number of carbonyl (C=O) groups is 2. The van der Waals surface area contributed by atoms with Crippen molar-refractivity contribution in [2.75, 3.05) is 18.0 Å². The number of anilines is 1. The second kappa shape index (κ2) is 7.98. The largest absolute Gasteiger partial charge is 0.444 e. The van der Waals surface area contributed by atoms with E-state index in [-0.39, 0.29) is 24.0 Å². The van der Waals surface area contributed by atoms with Gasteiger partial charge in [-0.15, -0.1) is 0 Å². The van der Waals surface area contributed by atoms with Crippen LogP contribution in [0, 0.1) is 0 Å². The molecule has 0 aliphatic carbocycles. The topological polar surface area (TPSA) is 75.6 Å². The van der Waals surface area contributed by atoms with E-state index in [9.17, 15) is 9.59 Å². The van der Waals surface area contributed by atoms with E-state index in [4.69, 9.17) is 4.74 Å². The van der Waals surface area contributed by atoms with E-state index in [1.165, 1.54) is 0 Å². The first-order valence-corrected chi connectivity index (χ1v) is 10.9. The van der Waals surface area contributed by atoms with Crippen LogP contribution >= 0.6 is 15.9 Å². The van der Waals surface area contributed by atoms with Crippen molar-refractivity contribution in [1.29, 1.82) is 0 Å². The highest BCUT2D eigenvalue weighted by Crippen LogP contribution is 2.33. The lowest BCUT2D eigenvalue weighted by atomic mass is 10.1. The number of rotatable bonds is 3. The molecule has 2 fully saturated rings. The number of aromatic nitrogens is 2. The van der Waals surface area contributed by atoms with Gasteiger partial charge in [0.15, 0.2) is 5.78 Å². The molecule has 4 rings (SSSR count). The number of amides is 1. The predicted molar refractivity (Wildman–Crippen MR) is 117 cm³/mol. The van der Waals surface area contributed by atoms with Crippen LogP contribution in [0.15, 0.2) is 41.1 Å². The predicted octanol–water partition coefficient (Wildman–Crippen LogP) is 4.06. The quantitative estimate of drug-likeness (QED) is 0.626. The number of ether oxygens (including phenoxy) is 1. The molecule has 2 unspecified atom stereocenters.